The molecule has 0 aliphatic rings. The lowest BCUT2D eigenvalue weighted by atomic mass is 9.96. The van der Waals surface area contributed by atoms with Crippen molar-refractivity contribution in [3.05, 3.63) is 0 Å². The minimum atomic E-state index is -3.37. The summed E-state index contributed by atoms with van der Waals surface area (Å²) in [6.07, 6.45) is 2.79. The Bertz CT molecular complexity index is 340. The molecule has 2 N–H and O–H groups in total. The largest absolute Gasteiger partial charge is 0.314 e. The van der Waals surface area contributed by atoms with Crippen LogP contribution in [0, 0.1) is 5.92 Å². The molecule has 0 aliphatic carbocycles. The minimum Gasteiger partial charge on any atom is -0.314 e. The van der Waals surface area contributed by atoms with Crippen molar-refractivity contribution < 1.29 is 8.42 Å². The maximum atomic E-state index is 12.2. The van der Waals surface area contributed by atoms with Crippen molar-refractivity contribution in [2.24, 2.45) is 5.92 Å². The van der Waals surface area contributed by atoms with Crippen molar-refractivity contribution >= 4 is 10.2 Å². The Morgan fingerprint density at radius 1 is 1.10 bits per heavy atom. The van der Waals surface area contributed by atoms with Crippen molar-refractivity contribution in [3.63, 3.8) is 0 Å². The van der Waals surface area contributed by atoms with E-state index in [1.54, 1.807) is 7.05 Å². The van der Waals surface area contributed by atoms with Gasteiger partial charge in [0, 0.05) is 25.7 Å². The van der Waals surface area contributed by atoms with Crippen LogP contribution in [0.25, 0.3) is 0 Å². The molecule has 0 amide bonds. The van der Waals surface area contributed by atoms with Gasteiger partial charge in [-0.05, 0) is 25.8 Å². The van der Waals surface area contributed by atoms with E-state index in [1.807, 2.05) is 6.92 Å². The zero-order chi connectivity index (χ0) is 15.8. The van der Waals surface area contributed by atoms with E-state index in [4.69, 9.17) is 0 Å². The first-order chi connectivity index (χ1) is 9.24. The first kappa shape index (κ1) is 19.8. The molecule has 0 saturated heterocycles. The molecule has 0 aliphatic heterocycles. The van der Waals surface area contributed by atoms with E-state index in [0.29, 0.717) is 18.5 Å². The number of hydrogen-bond donors (Lipinski definition) is 2. The van der Waals surface area contributed by atoms with Crippen molar-refractivity contribution in [1.29, 1.82) is 0 Å². The average Bonchev–Trinajstić information content (AvgIpc) is 2.34. The fourth-order valence-corrected chi connectivity index (χ4v) is 3.44. The summed E-state index contributed by atoms with van der Waals surface area (Å²) in [6, 6.07) is 0.413. The van der Waals surface area contributed by atoms with Gasteiger partial charge in [-0.3, -0.25) is 0 Å². The van der Waals surface area contributed by atoms with Gasteiger partial charge in [0.2, 0.25) is 0 Å². The van der Waals surface area contributed by atoms with Crippen LogP contribution in [0.1, 0.15) is 53.9 Å². The molecule has 0 heterocycles. The summed E-state index contributed by atoms with van der Waals surface area (Å²) in [4.78, 5) is 0. The Morgan fingerprint density at radius 3 is 2.10 bits per heavy atom. The number of nitrogens with zero attached hydrogens (tertiary/aromatic N) is 1. The van der Waals surface area contributed by atoms with Crippen molar-refractivity contribution in [3.8, 4) is 0 Å². The fraction of sp³-hybridized carbons (Fsp3) is 1.00. The Balaban J connectivity index is 4.27. The van der Waals surface area contributed by atoms with Gasteiger partial charge in [0.15, 0.2) is 0 Å². The van der Waals surface area contributed by atoms with Crippen LogP contribution in [-0.2, 0) is 10.2 Å². The van der Waals surface area contributed by atoms with E-state index >= 15 is 0 Å². The zero-order valence-electron chi connectivity index (χ0n) is 13.9. The third-order valence-corrected chi connectivity index (χ3v) is 5.38. The molecule has 1 atom stereocenters. The molecule has 0 saturated carbocycles. The molecule has 0 bridgehead atoms. The summed E-state index contributed by atoms with van der Waals surface area (Å²) in [7, 11) is -1.73. The summed E-state index contributed by atoms with van der Waals surface area (Å²) in [5.41, 5.74) is 0. The Kier molecular flexibility index (Phi) is 9.63. The van der Waals surface area contributed by atoms with Gasteiger partial charge in [0.1, 0.15) is 0 Å². The van der Waals surface area contributed by atoms with E-state index in [1.165, 1.54) is 4.31 Å². The summed E-state index contributed by atoms with van der Waals surface area (Å²) in [5.74, 6) is 0.390. The van der Waals surface area contributed by atoms with Crippen LogP contribution in [0.3, 0.4) is 0 Å². The molecule has 6 heteroatoms. The summed E-state index contributed by atoms with van der Waals surface area (Å²) in [6.45, 7) is 11.7. The molecule has 0 radical (unpaired) electrons. The van der Waals surface area contributed by atoms with E-state index in [2.05, 4.69) is 37.7 Å². The van der Waals surface area contributed by atoms with Gasteiger partial charge in [0.05, 0.1) is 0 Å². The first-order valence-electron chi connectivity index (χ1n) is 7.71. The van der Waals surface area contributed by atoms with E-state index in [-0.39, 0.29) is 6.04 Å². The van der Waals surface area contributed by atoms with Gasteiger partial charge in [-0.25, -0.2) is 0 Å². The molecule has 122 valence electrons. The van der Waals surface area contributed by atoms with Gasteiger partial charge in [-0.1, -0.05) is 40.5 Å². The molecule has 5 nitrogen and oxygen atoms in total. The molecular formula is C14H33N3O2S. The normalized spacial score (nSPS) is 14.4. The predicted molar refractivity (Wildman–Crippen MR) is 86.0 cm³/mol. The molecular weight excluding hydrogens is 274 g/mol. The van der Waals surface area contributed by atoms with Crippen LogP contribution in [0.5, 0.6) is 0 Å². The number of nitrogens with one attached hydrogen (secondary N) is 2. The van der Waals surface area contributed by atoms with Crippen molar-refractivity contribution in [2.75, 3.05) is 20.1 Å². The van der Waals surface area contributed by atoms with Crippen LogP contribution >= 0.6 is 0 Å². The second-order valence-corrected chi connectivity index (χ2v) is 7.58. The number of rotatable bonds is 11. The molecule has 0 rings (SSSR count). The van der Waals surface area contributed by atoms with Crippen LogP contribution < -0.4 is 10.0 Å². The van der Waals surface area contributed by atoms with Gasteiger partial charge in [-0.2, -0.15) is 17.4 Å². The second kappa shape index (κ2) is 9.71. The van der Waals surface area contributed by atoms with Gasteiger partial charge in [0.25, 0.3) is 10.2 Å². The van der Waals surface area contributed by atoms with Crippen LogP contribution in [-0.4, -0.2) is 44.9 Å². The highest BCUT2D eigenvalue weighted by Gasteiger charge is 2.23. The van der Waals surface area contributed by atoms with Gasteiger partial charge >= 0.3 is 0 Å². The van der Waals surface area contributed by atoms with E-state index in [9.17, 15) is 8.42 Å². The lowest BCUT2D eigenvalue weighted by Gasteiger charge is -2.25. The van der Waals surface area contributed by atoms with Crippen LogP contribution in [0.2, 0.25) is 0 Å². The standard InChI is InChI=1S/C14H33N3O2S/c1-7-14(8-2)13(5)16-20(18,19)17(6)11-9-10-15-12(3)4/h12-16H,7-11H2,1-6H3. The van der Waals surface area contributed by atoms with Crippen molar-refractivity contribution in [1.82, 2.24) is 14.3 Å². The highest BCUT2D eigenvalue weighted by Crippen LogP contribution is 2.14. The minimum absolute atomic E-state index is 0.0220. The van der Waals surface area contributed by atoms with E-state index in [0.717, 1.165) is 25.8 Å². The summed E-state index contributed by atoms with van der Waals surface area (Å²) in [5, 5.41) is 3.29. The third-order valence-electron chi connectivity index (χ3n) is 3.70. The average molecular weight is 308 g/mol. The topological polar surface area (TPSA) is 61.4 Å². The van der Waals surface area contributed by atoms with Crippen LogP contribution in [0.15, 0.2) is 0 Å². The predicted octanol–water partition coefficient (Wildman–Crippen LogP) is 1.97. The molecule has 0 aromatic heterocycles. The highest BCUT2D eigenvalue weighted by molar-refractivity contribution is 7.87. The van der Waals surface area contributed by atoms with Crippen molar-refractivity contribution in [2.45, 2.75) is 66.0 Å². The lowest BCUT2D eigenvalue weighted by Crippen LogP contribution is -2.45. The molecule has 1 unspecified atom stereocenters. The smallest absolute Gasteiger partial charge is 0.279 e. The van der Waals surface area contributed by atoms with E-state index < -0.39 is 10.2 Å². The fourth-order valence-electron chi connectivity index (χ4n) is 2.23. The third kappa shape index (κ3) is 7.57. The SMILES string of the molecule is CCC(CC)C(C)NS(=O)(=O)N(C)CCCNC(C)C. The highest BCUT2D eigenvalue weighted by atomic mass is 32.2. The molecule has 0 aromatic carbocycles. The Morgan fingerprint density at radius 2 is 1.65 bits per heavy atom. The maximum absolute atomic E-state index is 12.2. The quantitative estimate of drug-likeness (QED) is 0.574. The number of hydrogen-bond acceptors (Lipinski definition) is 3. The second-order valence-electron chi connectivity index (χ2n) is 5.77. The first-order valence-corrected chi connectivity index (χ1v) is 9.15. The zero-order valence-corrected chi connectivity index (χ0v) is 14.8. The Labute approximate surface area is 125 Å². The van der Waals surface area contributed by atoms with Crippen LogP contribution in [0.4, 0.5) is 0 Å². The van der Waals surface area contributed by atoms with Gasteiger partial charge in [-0.15, -0.1) is 0 Å². The monoisotopic (exact) mass is 307 g/mol. The Hall–Kier alpha value is -0.170. The summed E-state index contributed by atoms with van der Waals surface area (Å²) >= 11 is 0. The molecule has 0 aromatic rings. The lowest BCUT2D eigenvalue weighted by molar-refractivity contribution is 0.373. The van der Waals surface area contributed by atoms with Gasteiger partial charge < -0.3 is 5.32 Å². The molecule has 0 spiro atoms. The molecule has 20 heavy (non-hydrogen) atoms. The summed E-state index contributed by atoms with van der Waals surface area (Å²) < 4.78 is 28.6. The maximum Gasteiger partial charge on any atom is 0.279 e. The molecule has 0 fully saturated rings.